The molecular weight excluding hydrogens is 358 g/mol. The second-order valence-electron chi connectivity index (χ2n) is 7.05. The van der Waals surface area contributed by atoms with Crippen molar-refractivity contribution in [3.8, 4) is 0 Å². The fraction of sp³-hybridized carbons (Fsp3) is 1.00. The van der Waals surface area contributed by atoms with E-state index in [1.165, 1.54) is 36.8 Å². The lowest BCUT2D eigenvalue weighted by Crippen LogP contribution is -2.27. The number of nitrogens with zero attached hydrogens (tertiary/aromatic N) is 1. The fourth-order valence-corrected chi connectivity index (χ4v) is 4.12. The Kier molecular flexibility index (Phi) is 12.4. The van der Waals surface area contributed by atoms with Crippen molar-refractivity contribution >= 4 is 30.9 Å². The summed E-state index contributed by atoms with van der Waals surface area (Å²) in [6, 6.07) is 0.536. The number of hydrogen-bond donors (Lipinski definition) is 2. The van der Waals surface area contributed by atoms with Gasteiger partial charge in [-0.3, -0.25) is 4.52 Å². The van der Waals surface area contributed by atoms with Crippen LogP contribution in [-0.2, 0) is 9.09 Å². The first-order valence-corrected chi connectivity index (χ1v) is 10.8. The van der Waals surface area contributed by atoms with Crippen molar-refractivity contribution in [1.82, 2.24) is 4.67 Å². The molecule has 0 spiro atoms. The van der Waals surface area contributed by atoms with E-state index in [2.05, 4.69) is 0 Å². The van der Waals surface area contributed by atoms with Gasteiger partial charge in [0.15, 0.2) is 0 Å². The normalized spacial score (nSPS) is 19.1. The highest BCUT2D eigenvalue weighted by molar-refractivity contribution is 7.50. The lowest BCUT2D eigenvalue weighted by Gasteiger charge is -2.27. The van der Waals surface area contributed by atoms with Crippen LogP contribution in [0.2, 0.25) is 0 Å². The van der Waals surface area contributed by atoms with Crippen LogP contribution in [-0.4, -0.2) is 47.1 Å². The molecule has 3 N–H and O–H groups in total. The molecule has 0 radical (unpaired) electrons. The molecule has 1 rings (SSSR count). The van der Waals surface area contributed by atoms with E-state index in [1.807, 2.05) is 20.8 Å². The number of rotatable bonds is 7. The average molecular weight is 391 g/mol. The quantitative estimate of drug-likeness (QED) is 0.502. The lowest BCUT2D eigenvalue weighted by atomic mass is 9.97. The van der Waals surface area contributed by atoms with Crippen molar-refractivity contribution in [3.63, 3.8) is 0 Å². The third kappa shape index (κ3) is 12.6. The first-order chi connectivity index (χ1) is 10.6. The standard InChI is InChI=1S/C9H20Cl2NO3P.C6H13N/c1-9(2,3)8-15-16(13,14)12(6-4-10)7-5-11;7-6-4-2-1-3-5-6/h4-8H2,1-3H3,(H,13,14);6H,1-5,7H2. The van der Waals surface area contributed by atoms with Crippen LogP contribution in [0.15, 0.2) is 0 Å². The molecular formula is C15H33Cl2N2O3P. The Morgan fingerprint density at radius 3 is 1.96 bits per heavy atom. The van der Waals surface area contributed by atoms with Gasteiger partial charge in [0.2, 0.25) is 0 Å². The van der Waals surface area contributed by atoms with E-state index < -0.39 is 7.75 Å². The van der Waals surface area contributed by atoms with Crippen molar-refractivity contribution in [3.05, 3.63) is 0 Å². The van der Waals surface area contributed by atoms with Gasteiger partial charge in [-0.1, -0.05) is 40.0 Å². The van der Waals surface area contributed by atoms with Crippen LogP contribution in [0.5, 0.6) is 0 Å². The highest BCUT2D eigenvalue weighted by Gasteiger charge is 2.30. The fourth-order valence-electron chi connectivity index (χ4n) is 2.05. The third-order valence-electron chi connectivity index (χ3n) is 3.36. The zero-order valence-electron chi connectivity index (χ0n) is 14.6. The highest BCUT2D eigenvalue weighted by atomic mass is 35.5. The van der Waals surface area contributed by atoms with Crippen molar-refractivity contribution in [2.75, 3.05) is 31.5 Å². The number of nitrogens with two attached hydrogens (primary N) is 1. The van der Waals surface area contributed by atoms with Gasteiger partial charge in [0.25, 0.3) is 0 Å². The summed E-state index contributed by atoms with van der Waals surface area (Å²) in [6.07, 6.45) is 6.66. The van der Waals surface area contributed by atoms with Crippen LogP contribution in [0.4, 0.5) is 0 Å². The Balaban J connectivity index is 0.000000568. The summed E-state index contributed by atoms with van der Waals surface area (Å²) in [5, 5.41) is 0. The van der Waals surface area contributed by atoms with Crippen LogP contribution in [0.25, 0.3) is 0 Å². The van der Waals surface area contributed by atoms with Gasteiger partial charge in [-0.25, -0.2) is 9.24 Å². The molecule has 5 nitrogen and oxygen atoms in total. The minimum absolute atomic E-state index is 0.161. The van der Waals surface area contributed by atoms with Crippen LogP contribution >= 0.6 is 30.9 Å². The van der Waals surface area contributed by atoms with E-state index in [1.54, 1.807) is 0 Å². The summed E-state index contributed by atoms with van der Waals surface area (Å²) in [5.74, 6) is 0.528. The van der Waals surface area contributed by atoms with E-state index in [0.717, 1.165) is 0 Å². The van der Waals surface area contributed by atoms with E-state index in [4.69, 9.17) is 33.5 Å². The first kappa shape index (κ1) is 23.6. The van der Waals surface area contributed by atoms with Crippen LogP contribution < -0.4 is 5.73 Å². The van der Waals surface area contributed by atoms with E-state index in [-0.39, 0.29) is 36.9 Å². The molecule has 0 aliphatic heterocycles. The first-order valence-electron chi connectivity index (χ1n) is 8.22. The molecule has 0 bridgehead atoms. The molecule has 1 aliphatic carbocycles. The van der Waals surface area contributed by atoms with E-state index in [0.29, 0.717) is 6.04 Å². The maximum absolute atomic E-state index is 11.9. The minimum Gasteiger partial charge on any atom is -0.328 e. The summed E-state index contributed by atoms with van der Waals surface area (Å²) in [5.41, 5.74) is 5.47. The molecule has 1 atom stereocenters. The second kappa shape index (κ2) is 12.1. The van der Waals surface area contributed by atoms with E-state index >= 15 is 0 Å². The maximum Gasteiger partial charge on any atom is 0.405 e. The summed E-state index contributed by atoms with van der Waals surface area (Å²) in [4.78, 5) is 9.74. The maximum atomic E-state index is 11.9. The molecule has 0 aromatic carbocycles. The molecule has 140 valence electrons. The Bertz CT molecular complexity index is 342. The molecule has 0 amide bonds. The molecule has 0 aromatic heterocycles. The van der Waals surface area contributed by atoms with Crippen LogP contribution in [0.3, 0.4) is 0 Å². The Morgan fingerprint density at radius 1 is 1.17 bits per heavy atom. The monoisotopic (exact) mass is 390 g/mol. The smallest absolute Gasteiger partial charge is 0.328 e. The summed E-state index contributed by atoms with van der Waals surface area (Å²) < 4.78 is 18.3. The predicted octanol–water partition coefficient (Wildman–Crippen LogP) is 4.21. The molecule has 0 aromatic rings. The second-order valence-corrected chi connectivity index (χ2v) is 9.62. The number of hydrogen-bond acceptors (Lipinski definition) is 3. The topological polar surface area (TPSA) is 75.8 Å². The lowest BCUT2D eigenvalue weighted by molar-refractivity contribution is 0.147. The SMILES string of the molecule is CC(C)(C)COP(=O)(O)N(CCCl)CCCl.NC1CCCCC1. The van der Waals surface area contributed by atoms with Crippen molar-refractivity contribution < 1.29 is 14.0 Å². The van der Waals surface area contributed by atoms with Gasteiger partial charge < -0.3 is 10.6 Å². The van der Waals surface area contributed by atoms with Crippen LogP contribution in [0, 0.1) is 5.41 Å². The van der Waals surface area contributed by atoms with Crippen LogP contribution in [0.1, 0.15) is 52.9 Å². The molecule has 0 heterocycles. The Morgan fingerprint density at radius 2 is 1.65 bits per heavy atom. The van der Waals surface area contributed by atoms with Crippen molar-refractivity contribution in [2.24, 2.45) is 11.1 Å². The summed E-state index contributed by atoms with van der Waals surface area (Å²) in [7, 11) is -3.77. The van der Waals surface area contributed by atoms with Gasteiger partial charge in [-0.2, -0.15) is 0 Å². The zero-order valence-corrected chi connectivity index (χ0v) is 17.0. The molecule has 8 heteroatoms. The number of alkyl halides is 2. The molecule has 23 heavy (non-hydrogen) atoms. The van der Waals surface area contributed by atoms with Gasteiger partial charge in [-0.15, -0.1) is 23.2 Å². The highest BCUT2D eigenvalue weighted by Crippen LogP contribution is 2.47. The van der Waals surface area contributed by atoms with Crippen molar-refractivity contribution in [1.29, 1.82) is 0 Å². The molecule has 0 saturated heterocycles. The predicted molar refractivity (Wildman–Crippen MR) is 99.3 cm³/mol. The molecule has 1 saturated carbocycles. The minimum atomic E-state index is -3.77. The largest absolute Gasteiger partial charge is 0.405 e. The Hall–Kier alpha value is 0.650. The average Bonchev–Trinajstić information content (AvgIpc) is 2.46. The number of halogens is 2. The molecule has 1 aliphatic rings. The summed E-state index contributed by atoms with van der Waals surface area (Å²) >= 11 is 11.1. The summed E-state index contributed by atoms with van der Waals surface area (Å²) in [6.45, 7) is 6.57. The van der Waals surface area contributed by atoms with Gasteiger partial charge >= 0.3 is 7.75 Å². The Labute approximate surface area is 151 Å². The van der Waals surface area contributed by atoms with Gasteiger partial charge in [-0.05, 0) is 18.3 Å². The van der Waals surface area contributed by atoms with E-state index in [9.17, 15) is 9.46 Å². The van der Waals surface area contributed by atoms with Gasteiger partial charge in [0, 0.05) is 30.9 Å². The molecule has 1 fully saturated rings. The third-order valence-corrected chi connectivity index (χ3v) is 5.28. The molecule has 1 unspecified atom stereocenters. The van der Waals surface area contributed by atoms with Crippen molar-refractivity contribution in [2.45, 2.75) is 58.9 Å². The van der Waals surface area contributed by atoms with Gasteiger partial charge in [0.05, 0.1) is 6.61 Å². The van der Waals surface area contributed by atoms with Gasteiger partial charge in [0.1, 0.15) is 0 Å². The zero-order chi connectivity index (χ0) is 17.9.